The second-order valence-corrected chi connectivity index (χ2v) is 3.72. The van der Waals surface area contributed by atoms with E-state index in [-0.39, 0.29) is 0 Å². The van der Waals surface area contributed by atoms with Crippen LogP contribution in [0.5, 0.6) is 0 Å². The van der Waals surface area contributed by atoms with E-state index in [2.05, 4.69) is 13.8 Å². The lowest BCUT2D eigenvalue weighted by Gasteiger charge is -2.06. The van der Waals surface area contributed by atoms with Gasteiger partial charge in [-0.3, -0.25) is 0 Å². The molecule has 0 aliphatic carbocycles. The smallest absolute Gasteiger partial charge is 0.423 e. The molecule has 2 nitrogen and oxygen atoms in total. The van der Waals surface area contributed by atoms with Gasteiger partial charge in [0.1, 0.15) is 0 Å². The molecule has 0 saturated heterocycles. The molecule has 0 aromatic heterocycles. The second kappa shape index (κ2) is 4.44. The molecular weight excluding hydrogens is 163 g/mol. The molecule has 1 rings (SSSR count). The van der Waals surface area contributed by atoms with Crippen LogP contribution >= 0.6 is 0 Å². The third-order valence-electron chi connectivity index (χ3n) is 1.89. The molecule has 2 N–H and O–H groups in total. The Balaban J connectivity index is 2.79. The van der Waals surface area contributed by atoms with E-state index in [9.17, 15) is 0 Å². The van der Waals surface area contributed by atoms with Gasteiger partial charge in [0, 0.05) is 0 Å². The fourth-order valence-electron chi connectivity index (χ4n) is 1.35. The molecule has 0 bridgehead atoms. The minimum atomic E-state index is -1.35. The zero-order valence-electron chi connectivity index (χ0n) is 8.07. The van der Waals surface area contributed by atoms with Crippen LogP contribution in [0.25, 0.3) is 0 Å². The summed E-state index contributed by atoms with van der Waals surface area (Å²) in [7, 11) is -1.35. The maximum absolute atomic E-state index is 8.94. The molecule has 0 spiro atoms. The Morgan fingerprint density at radius 1 is 1.31 bits per heavy atom. The minimum absolute atomic E-state index is 0.568. The van der Waals surface area contributed by atoms with Gasteiger partial charge in [-0.15, -0.1) is 0 Å². The molecule has 0 radical (unpaired) electrons. The lowest BCUT2D eigenvalue weighted by atomic mass is 9.79. The topological polar surface area (TPSA) is 40.5 Å². The van der Waals surface area contributed by atoms with Crippen LogP contribution in [-0.2, 0) is 6.42 Å². The van der Waals surface area contributed by atoms with Crippen molar-refractivity contribution in [1.29, 1.82) is 0 Å². The maximum atomic E-state index is 8.94. The zero-order chi connectivity index (χ0) is 9.84. The predicted octanol–water partition coefficient (Wildman–Crippen LogP) is 0.565. The highest BCUT2D eigenvalue weighted by Crippen LogP contribution is 2.05. The molecule has 3 heteroatoms. The normalized spacial score (nSPS) is 10.5. The molecule has 1 aromatic rings. The summed E-state index contributed by atoms with van der Waals surface area (Å²) in [6.07, 6.45) is 0.973. The summed E-state index contributed by atoms with van der Waals surface area (Å²) in [5.41, 5.74) is 1.72. The predicted molar refractivity (Wildman–Crippen MR) is 54.8 cm³/mol. The van der Waals surface area contributed by atoms with Crippen molar-refractivity contribution in [3.8, 4) is 0 Å². The molecule has 0 aliphatic heterocycles. The van der Waals surface area contributed by atoms with Crippen LogP contribution in [-0.4, -0.2) is 17.2 Å². The average molecular weight is 178 g/mol. The van der Waals surface area contributed by atoms with Crippen molar-refractivity contribution in [2.45, 2.75) is 20.3 Å². The van der Waals surface area contributed by atoms with Crippen molar-refractivity contribution in [3.05, 3.63) is 29.8 Å². The molecule has 13 heavy (non-hydrogen) atoms. The first-order valence-electron chi connectivity index (χ1n) is 4.54. The highest BCUT2D eigenvalue weighted by molar-refractivity contribution is 6.58. The monoisotopic (exact) mass is 178 g/mol. The largest absolute Gasteiger partial charge is 0.488 e. The van der Waals surface area contributed by atoms with E-state index in [0.717, 1.165) is 12.0 Å². The van der Waals surface area contributed by atoms with E-state index >= 15 is 0 Å². The van der Waals surface area contributed by atoms with Crippen molar-refractivity contribution >= 4 is 12.6 Å². The van der Waals surface area contributed by atoms with E-state index in [1.165, 1.54) is 0 Å². The fourth-order valence-corrected chi connectivity index (χ4v) is 1.35. The minimum Gasteiger partial charge on any atom is -0.423 e. The molecule has 70 valence electrons. The molecule has 1 aromatic carbocycles. The van der Waals surface area contributed by atoms with Gasteiger partial charge < -0.3 is 10.0 Å². The van der Waals surface area contributed by atoms with E-state index in [0.29, 0.717) is 11.4 Å². The first kappa shape index (κ1) is 10.3. The van der Waals surface area contributed by atoms with E-state index in [1.807, 2.05) is 18.2 Å². The lowest BCUT2D eigenvalue weighted by molar-refractivity contribution is 0.425. The van der Waals surface area contributed by atoms with Gasteiger partial charge in [-0.1, -0.05) is 38.1 Å². The maximum Gasteiger partial charge on any atom is 0.488 e. The van der Waals surface area contributed by atoms with Crippen molar-refractivity contribution in [3.63, 3.8) is 0 Å². The summed E-state index contributed by atoms with van der Waals surface area (Å²) in [6.45, 7) is 4.28. The van der Waals surface area contributed by atoms with Crippen molar-refractivity contribution in [1.82, 2.24) is 0 Å². The SMILES string of the molecule is CC(C)Cc1cccc(B(O)O)c1. The van der Waals surface area contributed by atoms with E-state index in [4.69, 9.17) is 10.0 Å². The Bertz CT molecular complexity index is 271. The quantitative estimate of drug-likeness (QED) is 0.664. The summed E-state index contributed by atoms with van der Waals surface area (Å²) >= 11 is 0. The van der Waals surface area contributed by atoms with E-state index < -0.39 is 7.12 Å². The molecule has 0 atom stereocenters. The van der Waals surface area contributed by atoms with Gasteiger partial charge in [-0.05, 0) is 23.4 Å². The molecular formula is C10H15BO2. The average Bonchev–Trinajstić information content (AvgIpc) is 2.03. The number of hydrogen-bond acceptors (Lipinski definition) is 2. The number of benzene rings is 1. The third kappa shape index (κ3) is 3.21. The summed E-state index contributed by atoms with van der Waals surface area (Å²) in [5, 5.41) is 17.9. The Morgan fingerprint density at radius 3 is 2.54 bits per heavy atom. The van der Waals surface area contributed by atoms with Gasteiger partial charge in [0.25, 0.3) is 0 Å². The van der Waals surface area contributed by atoms with Crippen molar-refractivity contribution < 1.29 is 10.0 Å². The van der Waals surface area contributed by atoms with Gasteiger partial charge in [0.15, 0.2) is 0 Å². The highest BCUT2D eigenvalue weighted by Gasteiger charge is 2.10. The van der Waals surface area contributed by atoms with Crippen LogP contribution in [0.3, 0.4) is 0 Å². The van der Waals surface area contributed by atoms with Crippen LogP contribution in [0.2, 0.25) is 0 Å². The lowest BCUT2D eigenvalue weighted by Crippen LogP contribution is -2.29. The van der Waals surface area contributed by atoms with Gasteiger partial charge in [0.05, 0.1) is 0 Å². The Morgan fingerprint density at radius 2 is 2.00 bits per heavy atom. The Labute approximate surface area is 79.4 Å². The van der Waals surface area contributed by atoms with Crippen molar-refractivity contribution in [2.75, 3.05) is 0 Å². The molecule has 0 amide bonds. The molecule has 0 aliphatic rings. The molecule has 0 saturated carbocycles. The fraction of sp³-hybridized carbons (Fsp3) is 0.400. The highest BCUT2D eigenvalue weighted by atomic mass is 16.4. The Kier molecular flexibility index (Phi) is 3.52. The third-order valence-corrected chi connectivity index (χ3v) is 1.89. The summed E-state index contributed by atoms with van der Waals surface area (Å²) in [6, 6.07) is 7.41. The first-order chi connectivity index (χ1) is 6.09. The van der Waals surface area contributed by atoms with Gasteiger partial charge >= 0.3 is 7.12 Å². The van der Waals surface area contributed by atoms with Gasteiger partial charge in [0.2, 0.25) is 0 Å². The van der Waals surface area contributed by atoms with Crippen LogP contribution in [0.15, 0.2) is 24.3 Å². The van der Waals surface area contributed by atoms with Crippen LogP contribution < -0.4 is 5.46 Å². The molecule has 0 heterocycles. The summed E-state index contributed by atoms with van der Waals surface area (Å²) < 4.78 is 0. The van der Waals surface area contributed by atoms with Gasteiger partial charge in [-0.25, -0.2) is 0 Å². The zero-order valence-corrected chi connectivity index (χ0v) is 8.07. The number of hydrogen-bond donors (Lipinski definition) is 2. The van der Waals surface area contributed by atoms with E-state index in [1.54, 1.807) is 6.07 Å². The molecule has 0 fully saturated rings. The molecule has 0 unspecified atom stereocenters. The van der Waals surface area contributed by atoms with Crippen LogP contribution in [0.1, 0.15) is 19.4 Å². The Hall–Kier alpha value is -0.795. The summed E-state index contributed by atoms with van der Waals surface area (Å²) in [5.74, 6) is 0.589. The van der Waals surface area contributed by atoms with Gasteiger partial charge in [-0.2, -0.15) is 0 Å². The number of rotatable bonds is 3. The first-order valence-corrected chi connectivity index (χ1v) is 4.54. The van der Waals surface area contributed by atoms with Crippen LogP contribution in [0, 0.1) is 5.92 Å². The second-order valence-electron chi connectivity index (χ2n) is 3.72. The summed E-state index contributed by atoms with van der Waals surface area (Å²) in [4.78, 5) is 0. The van der Waals surface area contributed by atoms with Crippen LogP contribution in [0.4, 0.5) is 0 Å². The standard InChI is InChI=1S/C10H15BO2/c1-8(2)6-9-4-3-5-10(7-9)11(12)13/h3-5,7-8,12-13H,6H2,1-2H3. The van der Waals surface area contributed by atoms with Crippen molar-refractivity contribution in [2.24, 2.45) is 5.92 Å².